The van der Waals surface area contributed by atoms with Gasteiger partial charge in [0.25, 0.3) is 0 Å². The second-order valence-electron chi connectivity index (χ2n) is 3.54. The molecule has 2 nitrogen and oxygen atoms in total. The minimum atomic E-state index is -0.221. The third-order valence-electron chi connectivity index (χ3n) is 2.50. The molecule has 0 saturated heterocycles. The number of hydrogen-bond donors (Lipinski definition) is 2. The summed E-state index contributed by atoms with van der Waals surface area (Å²) in [5, 5.41) is 0. The summed E-state index contributed by atoms with van der Waals surface area (Å²) < 4.78 is 12.7. The Bertz CT molecular complexity index is 457. The molecule has 2 rings (SSSR count). The molecule has 3 heteroatoms. The zero-order valence-corrected chi connectivity index (χ0v) is 8.55. The van der Waals surface area contributed by atoms with Crippen LogP contribution in [-0.2, 0) is 6.54 Å². The summed E-state index contributed by atoms with van der Waals surface area (Å²) in [6.07, 6.45) is 0. The van der Waals surface area contributed by atoms with Crippen molar-refractivity contribution in [2.75, 3.05) is 0 Å². The van der Waals surface area contributed by atoms with Crippen molar-refractivity contribution in [3.63, 3.8) is 0 Å². The van der Waals surface area contributed by atoms with Gasteiger partial charge in [-0.25, -0.2) is 4.39 Å². The fourth-order valence-corrected chi connectivity index (χ4v) is 1.60. The lowest BCUT2D eigenvalue weighted by atomic mass is 10.1. The van der Waals surface area contributed by atoms with Gasteiger partial charge in [-0.2, -0.15) is 0 Å². The van der Waals surface area contributed by atoms with Gasteiger partial charge in [-0.3, -0.25) is 0 Å². The smallest absolute Gasteiger partial charge is 0.123 e. The molecule has 0 saturated carbocycles. The van der Waals surface area contributed by atoms with Crippen LogP contribution in [-0.4, -0.2) is 4.98 Å². The molecule has 0 radical (unpaired) electrons. The highest BCUT2D eigenvalue weighted by Crippen LogP contribution is 2.21. The van der Waals surface area contributed by atoms with Crippen LogP contribution < -0.4 is 5.73 Å². The van der Waals surface area contributed by atoms with Gasteiger partial charge in [-0.05, 0) is 48.4 Å². The third-order valence-corrected chi connectivity index (χ3v) is 2.50. The zero-order valence-electron chi connectivity index (χ0n) is 8.55. The Labute approximate surface area is 87.9 Å². The van der Waals surface area contributed by atoms with Gasteiger partial charge in [0.05, 0.1) is 0 Å². The fraction of sp³-hybridized carbons (Fsp3) is 0.167. The molecule has 0 aliphatic carbocycles. The van der Waals surface area contributed by atoms with E-state index in [0.717, 1.165) is 22.5 Å². The van der Waals surface area contributed by atoms with E-state index in [4.69, 9.17) is 5.73 Å². The fourth-order valence-electron chi connectivity index (χ4n) is 1.60. The van der Waals surface area contributed by atoms with E-state index in [0.29, 0.717) is 6.54 Å². The molecule has 1 aromatic heterocycles. The normalized spacial score (nSPS) is 10.6. The second-order valence-corrected chi connectivity index (χ2v) is 3.54. The lowest BCUT2D eigenvalue weighted by Crippen LogP contribution is -1.95. The van der Waals surface area contributed by atoms with Crippen molar-refractivity contribution in [1.82, 2.24) is 4.98 Å². The van der Waals surface area contributed by atoms with E-state index >= 15 is 0 Å². The Kier molecular flexibility index (Phi) is 2.56. The molecule has 1 heterocycles. The van der Waals surface area contributed by atoms with Gasteiger partial charge in [-0.1, -0.05) is 0 Å². The maximum absolute atomic E-state index is 12.7. The first-order valence-electron chi connectivity index (χ1n) is 4.85. The molecule has 0 fully saturated rings. The monoisotopic (exact) mass is 204 g/mol. The lowest BCUT2D eigenvalue weighted by Gasteiger charge is -1.96. The zero-order chi connectivity index (χ0) is 10.8. The minimum absolute atomic E-state index is 0.221. The predicted octanol–water partition coefficient (Wildman–Crippen LogP) is 2.59. The highest BCUT2D eigenvalue weighted by molar-refractivity contribution is 5.61. The maximum atomic E-state index is 12.7. The molecule has 15 heavy (non-hydrogen) atoms. The van der Waals surface area contributed by atoms with Crippen LogP contribution in [0.5, 0.6) is 0 Å². The van der Waals surface area contributed by atoms with Crippen molar-refractivity contribution in [1.29, 1.82) is 0 Å². The Morgan fingerprint density at radius 2 is 1.93 bits per heavy atom. The number of hydrogen-bond acceptors (Lipinski definition) is 1. The van der Waals surface area contributed by atoms with Crippen molar-refractivity contribution in [2.24, 2.45) is 5.73 Å². The molecule has 78 valence electrons. The Morgan fingerprint density at radius 3 is 2.47 bits per heavy atom. The topological polar surface area (TPSA) is 41.8 Å². The van der Waals surface area contributed by atoms with Crippen LogP contribution in [0.2, 0.25) is 0 Å². The molecule has 1 aromatic carbocycles. The first kappa shape index (κ1) is 9.93. The van der Waals surface area contributed by atoms with Crippen LogP contribution in [0.3, 0.4) is 0 Å². The number of aromatic amines is 1. The number of nitrogens with two attached hydrogens (primary N) is 1. The Morgan fingerprint density at radius 1 is 1.27 bits per heavy atom. The van der Waals surface area contributed by atoms with Gasteiger partial charge >= 0.3 is 0 Å². The Balaban J connectivity index is 2.41. The molecule has 0 aliphatic rings. The van der Waals surface area contributed by atoms with E-state index < -0.39 is 0 Å². The highest BCUT2D eigenvalue weighted by atomic mass is 19.1. The molecule has 0 aliphatic heterocycles. The summed E-state index contributed by atoms with van der Waals surface area (Å²) in [6, 6.07) is 8.41. The predicted molar refractivity (Wildman–Crippen MR) is 58.8 cm³/mol. The SMILES string of the molecule is Cc1[nH]c(-c2ccc(F)cc2)cc1CN. The highest BCUT2D eigenvalue weighted by Gasteiger charge is 2.04. The van der Waals surface area contributed by atoms with Gasteiger partial charge in [0.1, 0.15) is 5.82 Å². The standard InChI is InChI=1S/C12H13FN2/c1-8-10(7-14)6-12(15-8)9-2-4-11(13)5-3-9/h2-6,15H,7,14H2,1H3. The van der Waals surface area contributed by atoms with Crippen LogP contribution in [0.4, 0.5) is 4.39 Å². The summed E-state index contributed by atoms with van der Waals surface area (Å²) in [7, 11) is 0. The summed E-state index contributed by atoms with van der Waals surface area (Å²) in [4.78, 5) is 3.23. The van der Waals surface area contributed by atoms with E-state index in [9.17, 15) is 4.39 Å². The van der Waals surface area contributed by atoms with E-state index in [1.807, 2.05) is 13.0 Å². The second kappa shape index (κ2) is 3.87. The first-order valence-corrected chi connectivity index (χ1v) is 4.85. The molecular weight excluding hydrogens is 191 g/mol. The molecule has 0 unspecified atom stereocenters. The number of halogens is 1. The van der Waals surface area contributed by atoms with Crippen molar-refractivity contribution in [2.45, 2.75) is 13.5 Å². The number of H-pyrrole nitrogens is 1. The summed E-state index contributed by atoms with van der Waals surface area (Å²) in [6.45, 7) is 2.50. The molecule has 0 spiro atoms. The van der Waals surface area contributed by atoms with Crippen LogP contribution in [0.25, 0.3) is 11.3 Å². The van der Waals surface area contributed by atoms with Gasteiger partial charge in [0, 0.05) is 17.9 Å². The lowest BCUT2D eigenvalue weighted by molar-refractivity contribution is 0.628. The van der Waals surface area contributed by atoms with Crippen molar-refractivity contribution < 1.29 is 4.39 Å². The van der Waals surface area contributed by atoms with E-state index in [1.54, 1.807) is 12.1 Å². The number of rotatable bonds is 2. The van der Waals surface area contributed by atoms with Crippen molar-refractivity contribution in [3.05, 3.63) is 47.4 Å². The van der Waals surface area contributed by atoms with E-state index in [1.165, 1.54) is 12.1 Å². The molecule has 0 bridgehead atoms. The third kappa shape index (κ3) is 1.92. The maximum Gasteiger partial charge on any atom is 0.123 e. The molecule has 3 N–H and O–H groups in total. The van der Waals surface area contributed by atoms with E-state index in [-0.39, 0.29) is 5.82 Å². The summed E-state index contributed by atoms with van der Waals surface area (Å²) in [5.41, 5.74) is 9.70. The van der Waals surface area contributed by atoms with Gasteiger partial charge in [0.2, 0.25) is 0 Å². The van der Waals surface area contributed by atoms with Crippen LogP contribution in [0.1, 0.15) is 11.3 Å². The average Bonchev–Trinajstić information content (AvgIpc) is 2.61. The molecular formula is C12H13FN2. The number of aromatic nitrogens is 1. The van der Waals surface area contributed by atoms with Crippen molar-refractivity contribution in [3.8, 4) is 11.3 Å². The first-order chi connectivity index (χ1) is 7.20. The molecule has 2 aromatic rings. The Hall–Kier alpha value is -1.61. The quantitative estimate of drug-likeness (QED) is 0.775. The van der Waals surface area contributed by atoms with Gasteiger partial charge in [-0.15, -0.1) is 0 Å². The average molecular weight is 204 g/mol. The van der Waals surface area contributed by atoms with Crippen molar-refractivity contribution >= 4 is 0 Å². The minimum Gasteiger partial charge on any atom is -0.358 e. The number of aryl methyl sites for hydroxylation is 1. The van der Waals surface area contributed by atoms with Gasteiger partial charge < -0.3 is 10.7 Å². The number of nitrogens with one attached hydrogen (secondary N) is 1. The molecule has 0 atom stereocenters. The number of benzene rings is 1. The van der Waals surface area contributed by atoms with Crippen LogP contribution in [0.15, 0.2) is 30.3 Å². The van der Waals surface area contributed by atoms with Crippen LogP contribution >= 0.6 is 0 Å². The summed E-state index contributed by atoms with van der Waals surface area (Å²) >= 11 is 0. The summed E-state index contributed by atoms with van der Waals surface area (Å²) in [5.74, 6) is -0.221. The molecule has 0 amide bonds. The van der Waals surface area contributed by atoms with E-state index in [2.05, 4.69) is 4.98 Å². The van der Waals surface area contributed by atoms with Crippen LogP contribution in [0, 0.1) is 12.7 Å². The van der Waals surface area contributed by atoms with Gasteiger partial charge in [0.15, 0.2) is 0 Å². The largest absolute Gasteiger partial charge is 0.358 e.